The first-order chi connectivity index (χ1) is 16.3. The van der Waals surface area contributed by atoms with Crippen LogP contribution in [0.1, 0.15) is 33.6 Å². The number of anilines is 1. The summed E-state index contributed by atoms with van der Waals surface area (Å²) in [6.07, 6.45) is 1.10. The molecule has 2 aliphatic rings. The molecular weight excluding hydrogens is 478 g/mol. The van der Waals surface area contributed by atoms with Crippen LogP contribution in [0.3, 0.4) is 0 Å². The summed E-state index contributed by atoms with van der Waals surface area (Å²) in [5.74, 6) is -0.370. The largest absolute Gasteiger partial charge is 0.422 e. The molecule has 0 bridgehead atoms. The summed E-state index contributed by atoms with van der Waals surface area (Å²) in [6, 6.07) is 9.23. The predicted octanol–water partition coefficient (Wildman–Crippen LogP) is 3.93. The van der Waals surface area contributed by atoms with Crippen LogP contribution in [0, 0.1) is 0 Å². The summed E-state index contributed by atoms with van der Waals surface area (Å²) in [6.45, 7) is 1.99. The van der Waals surface area contributed by atoms with Crippen LogP contribution >= 0.6 is 22.9 Å². The molecule has 4 rings (SSSR count). The first kappa shape index (κ1) is 24.9. The van der Waals surface area contributed by atoms with Crippen molar-refractivity contribution in [2.45, 2.75) is 43.6 Å². The second kappa shape index (κ2) is 10.6. The molecular formula is C24H30ClN3O5S. The highest BCUT2D eigenvalue weighted by molar-refractivity contribution is 7.18. The molecule has 1 aromatic carbocycles. The molecule has 34 heavy (non-hydrogen) atoms. The van der Waals surface area contributed by atoms with Crippen LogP contribution < -0.4 is 10.6 Å². The summed E-state index contributed by atoms with van der Waals surface area (Å²) < 4.78 is 17.4. The van der Waals surface area contributed by atoms with E-state index in [0.717, 1.165) is 37.3 Å². The van der Waals surface area contributed by atoms with E-state index in [2.05, 4.69) is 28.6 Å². The quantitative estimate of drug-likeness (QED) is 0.576. The van der Waals surface area contributed by atoms with Gasteiger partial charge >= 0.3 is 6.09 Å². The molecule has 2 aromatic rings. The summed E-state index contributed by atoms with van der Waals surface area (Å²) in [4.78, 5) is 28.6. The average molecular weight is 508 g/mol. The second-order valence-electron chi connectivity index (χ2n) is 8.81. The molecule has 0 spiro atoms. The number of fused-ring (bicyclic) bond motifs is 1. The fraction of sp³-hybridized carbons (Fsp3) is 0.500. The van der Waals surface area contributed by atoms with Crippen LogP contribution in [0.5, 0.6) is 0 Å². The first-order valence-corrected chi connectivity index (χ1v) is 12.4. The first-order valence-electron chi connectivity index (χ1n) is 11.2. The molecule has 1 fully saturated rings. The van der Waals surface area contributed by atoms with Gasteiger partial charge in [-0.3, -0.25) is 10.1 Å². The Hall–Kier alpha value is -2.17. The number of carbonyl (C=O) groups is 2. The topological polar surface area (TPSA) is 89.1 Å². The van der Waals surface area contributed by atoms with Gasteiger partial charge in [-0.05, 0) is 55.3 Å². The summed E-state index contributed by atoms with van der Waals surface area (Å²) in [7, 11) is 5.25. The molecule has 2 N–H and O–H groups in total. The smallest absolute Gasteiger partial charge is 0.413 e. The highest BCUT2D eigenvalue weighted by Gasteiger charge is 2.50. The van der Waals surface area contributed by atoms with Crippen molar-refractivity contribution in [2.24, 2.45) is 0 Å². The second-order valence-corrected chi connectivity index (χ2v) is 10.5. The zero-order chi connectivity index (χ0) is 24.3. The lowest BCUT2D eigenvalue weighted by Crippen LogP contribution is -2.51. The average Bonchev–Trinajstić information content (AvgIpc) is 3.34. The Balaban J connectivity index is 1.50. The van der Waals surface area contributed by atoms with Gasteiger partial charge in [0.15, 0.2) is 5.72 Å². The van der Waals surface area contributed by atoms with Crippen molar-refractivity contribution in [3.05, 3.63) is 50.7 Å². The van der Waals surface area contributed by atoms with Gasteiger partial charge in [-0.1, -0.05) is 17.7 Å². The molecule has 0 radical (unpaired) electrons. The minimum Gasteiger partial charge on any atom is -0.422 e. The number of methoxy groups -OCH3 is 2. The molecule has 10 heteroatoms. The van der Waals surface area contributed by atoms with E-state index in [-0.39, 0.29) is 31.0 Å². The van der Waals surface area contributed by atoms with Gasteiger partial charge in [-0.2, -0.15) is 0 Å². The van der Waals surface area contributed by atoms with Gasteiger partial charge in [0.25, 0.3) is 5.91 Å². The van der Waals surface area contributed by atoms with E-state index < -0.39 is 11.8 Å². The number of benzene rings is 1. The number of nitrogens with zero attached hydrogens (tertiary/aromatic N) is 1. The van der Waals surface area contributed by atoms with E-state index in [9.17, 15) is 9.59 Å². The standard InChI is InChI=1S/C24H30ClN3O5S/c1-28-10-8-15-4-5-17(12-16(15)9-11-28)26-23(30)33-24(13-18(31-2)19(14-24)32-3)27-22(29)20-6-7-21(25)34-20/h4-7,12,18-19H,8-11,13-14H2,1-3H3,(H,26,30)(H,27,29). The van der Waals surface area contributed by atoms with E-state index in [4.69, 9.17) is 25.8 Å². The molecule has 2 heterocycles. The van der Waals surface area contributed by atoms with Gasteiger partial charge < -0.3 is 24.4 Å². The van der Waals surface area contributed by atoms with Crippen LogP contribution in [0.25, 0.3) is 0 Å². The van der Waals surface area contributed by atoms with Crippen LogP contribution in [-0.2, 0) is 27.1 Å². The Morgan fingerprint density at radius 3 is 2.35 bits per heavy atom. The van der Waals surface area contributed by atoms with Crippen molar-refractivity contribution in [2.75, 3.05) is 39.7 Å². The number of carbonyl (C=O) groups excluding carboxylic acids is 2. The van der Waals surface area contributed by atoms with Gasteiger partial charge in [-0.25, -0.2) is 4.79 Å². The Kier molecular flexibility index (Phi) is 7.79. The number of ether oxygens (including phenoxy) is 3. The number of amides is 2. The van der Waals surface area contributed by atoms with E-state index >= 15 is 0 Å². The fourth-order valence-corrected chi connectivity index (χ4v) is 5.56. The molecule has 1 aliphatic carbocycles. The third-order valence-corrected chi connectivity index (χ3v) is 7.72. The molecule has 1 saturated carbocycles. The van der Waals surface area contributed by atoms with Crippen molar-refractivity contribution < 1.29 is 23.8 Å². The molecule has 184 valence electrons. The van der Waals surface area contributed by atoms with Crippen molar-refractivity contribution >= 4 is 40.6 Å². The van der Waals surface area contributed by atoms with E-state index in [1.54, 1.807) is 26.4 Å². The van der Waals surface area contributed by atoms with Crippen molar-refractivity contribution in [3.63, 3.8) is 0 Å². The van der Waals surface area contributed by atoms with E-state index in [1.807, 2.05) is 12.1 Å². The molecule has 1 aliphatic heterocycles. The Bertz CT molecular complexity index is 1030. The summed E-state index contributed by atoms with van der Waals surface area (Å²) in [5, 5.41) is 5.73. The van der Waals surface area contributed by atoms with Gasteiger partial charge in [0.1, 0.15) is 0 Å². The number of nitrogens with one attached hydrogen (secondary N) is 2. The highest BCUT2D eigenvalue weighted by atomic mass is 35.5. The number of hydrogen-bond acceptors (Lipinski definition) is 7. The fourth-order valence-electron chi connectivity index (χ4n) is 4.62. The lowest BCUT2D eigenvalue weighted by Gasteiger charge is -2.30. The zero-order valence-corrected chi connectivity index (χ0v) is 21.1. The number of rotatable bonds is 6. The lowest BCUT2D eigenvalue weighted by molar-refractivity contribution is -0.0157. The maximum Gasteiger partial charge on any atom is 0.413 e. The SMILES string of the molecule is COC1CC(NC(=O)c2ccc(Cl)s2)(OC(=O)Nc2ccc3c(c2)CCN(C)CC3)CC1OC. The van der Waals surface area contributed by atoms with Gasteiger partial charge in [0.2, 0.25) is 0 Å². The number of thiophene rings is 1. The summed E-state index contributed by atoms with van der Waals surface area (Å²) in [5.41, 5.74) is 1.89. The number of hydrogen-bond donors (Lipinski definition) is 2. The lowest BCUT2D eigenvalue weighted by atomic mass is 10.0. The van der Waals surface area contributed by atoms with Gasteiger partial charge in [0.05, 0.1) is 21.4 Å². The van der Waals surface area contributed by atoms with Crippen LogP contribution in [0.2, 0.25) is 4.34 Å². The molecule has 2 atom stereocenters. The van der Waals surface area contributed by atoms with Gasteiger partial charge in [0, 0.05) is 45.8 Å². The Morgan fingerprint density at radius 2 is 1.74 bits per heavy atom. The maximum atomic E-state index is 13.0. The zero-order valence-electron chi connectivity index (χ0n) is 19.6. The van der Waals surface area contributed by atoms with E-state index in [1.165, 1.54) is 11.1 Å². The minimum absolute atomic E-state index is 0.261. The Morgan fingerprint density at radius 1 is 1.06 bits per heavy atom. The molecule has 2 amide bonds. The minimum atomic E-state index is -1.28. The van der Waals surface area contributed by atoms with Crippen LogP contribution in [-0.4, -0.2) is 69.2 Å². The van der Waals surface area contributed by atoms with Crippen molar-refractivity contribution in [3.8, 4) is 0 Å². The van der Waals surface area contributed by atoms with Crippen molar-refractivity contribution in [1.82, 2.24) is 10.2 Å². The normalized spacial score (nSPS) is 24.8. The highest BCUT2D eigenvalue weighted by Crippen LogP contribution is 2.36. The van der Waals surface area contributed by atoms with E-state index in [0.29, 0.717) is 14.9 Å². The third kappa shape index (κ3) is 5.72. The van der Waals surface area contributed by atoms with Crippen LogP contribution in [0.15, 0.2) is 30.3 Å². The molecule has 2 unspecified atom stereocenters. The molecule has 8 nitrogen and oxygen atoms in total. The van der Waals surface area contributed by atoms with Crippen LogP contribution in [0.4, 0.5) is 10.5 Å². The third-order valence-electron chi connectivity index (χ3n) is 6.49. The van der Waals surface area contributed by atoms with Gasteiger partial charge in [-0.15, -0.1) is 11.3 Å². The number of likely N-dealkylation sites (N-methyl/N-ethyl adjacent to an activating group) is 1. The predicted molar refractivity (Wildman–Crippen MR) is 132 cm³/mol. The molecule has 0 saturated heterocycles. The number of halogens is 1. The maximum absolute atomic E-state index is 13.0. The van der Waals surface area contributed by atoms with Crippen molar-refractivity contribution in [1.29, 1.82) is 0 Å². The summed E-state index contributed by atoms with van der Waals surface area (Å²) >= 11 is 7.15. The Labute approximate surface area is 208 Å². The molecule has 1 aromatic heterocycles. The monoisotopic (exact) mass is 507 g/mol.